The van der Waals surface area contributed by atoms with Crippen molar-refractivity contribution in [2.45, 2.75) is 17.9 Å². The predicted molar refractivity (Wildman–Crippen MR) is 86.7 cm³/mol. The molecule has 0 aliphatic rings. The van der Waals surface area contributed by atoms with Crippen LogP contribution >= 0.6 is 39.9 Å². The van der Waals surface area contributed by atoms with Crippen molar-refractivity contribution in [1.82, 2.24) is 10.0 Å². The van der Waals surface area contributed by atoms with Crippen LogP contribution in [0.3, 0.4) is 0 Å². The molecule has 0 aliphatic carbocycles. The Hall–Kier alpha value is -0.0500. The Morgan fingerprint density at radius 3 is 2.55 bits per heavy atom. The standard InChI is InChI=1S/C11H16BrClN2O3S.ClH/c1-7(14-2)6-15-19(16,17)10-5-8(13)4-9(12)11(10)18-3;/h4-5,7,14-15H,6H2,1-3H3;1H. The highest BCUT2D eigenvalue weighted by atomic mass is 79.9. The SMILES string of the molecule is CNC(C)CNS(=O)(=O)c1cc(Cl)cc(Br)c1OC.Cl. The summed E-state index contributed by atoms with van der Waals surface area (Å²) in [6.45, 7) is 2.14. The Morgan fingerprint density at radius 1 is 1.45 bits per heavy atom. The highest BCUT2D eigenvalue weighted by Crippen LogP contribution is 2.35. The summed E-state index contributed by atoms with van der Waals surface area (Å²) in [5.74, 6) is 0.231. The smallest absolute Gasteiger partial charge is 0.244 e. The summed E-state index contributed by atoms with van der Waals surface area (Å²) in [4.78, 5) is 0.0117. The maximum Gasteiger partial charge on any atom is 0.244 e. The first kappa shape index (κ1) is 19.9. The van der Waals surface area contributed by atoms with E-state index in [4.69, 9.17) is 16.3 Å². The first-order valence-electron chi connectivity index (χ1n) is 5.51. The van der Waals surface area contributed by atoms with Crippen LogP contribution in [0.25, 0.3) is 0 Å². The van der Waals surface area contributed by atoms with Crippen LogP contribution in [-0.4, -0.2) is 35.2 Å². The van der Waals surface area contributed by atoms with E-state index >= 15 is 0 Å². The first-order valence-corrected chi connectivity index (χ1v) is 8.17. The molecular formula is C11H17BrCl2N2O3S. The summed E-state index contributed by atoms with van der Waals surface area (Å²) in [5, 5.41) is 3.26. The van der Waals surface area contributed by atoms with E-state index in [0.29, 0.717) is 9.50 Å². The normalized spacial score (nSPS) is 12.7. The molecule has 1 aromatic rings. The van der Waals surface area contributed by atoms with Crippen molar-refractivity contribution in [3.8, 4) is 5.75 Å². The molecule has 0 fully saturated rings. The van der Waals surface area contributed by atoms with Gasteiger partial charge in [-0.05, 0) is 42.0 Å². The number of rotatable bonds is 6. The zero-order valence-corrected chi connectivity index (χ0v) is 15.2. The van der Waals surface area contributed by atoms with Crippen molar-refractivity contribution in [1.29, 1.82) is 0 Å². The van der Waals surface area contributed by atoms with Crippen LogP contribution in [0.5, 0.6) is 5.75 Å². The van der Waals surface area contributed by atoms with E-state index in [1.807, 2.05) is 6.92 Å². The number of likely N-dealkylation sites (N-methyl/N-ethyl adjacent to an activating group) is 1. The number of sulfonamides is 1. The Kier molecular flexibility index (Phi) is 8.39. The fourth-order valence-electron chi connectivity index (χ4n) is 1.35. The van der Waals surface area contributed by atoms with Crippen molar-refractivity contribution in [3.63, 3.8) is 0 Å². The largest absolute Gasteiger partial charge is 0.494 e. The average Bonchev–Trinajstić information content (AvgIpc) is 2.35. The number of hydrogen-bond acceptors (Lipinski definition) is 4. The zero-order valence-electron chi connectivity index (χ0n) is 11.2. The van der Waals surface area contributed by atoms with E-state index < -0.39 is 10.0 Å². The van der Waals surface area contributed by atoms with Gasteiger partial charge in [-0.1, -0.05) is 11.6 Å². The van der Waals surface area contributed by atoms with Crippen LogP contribution in [0.1, 0.15) is 6.92 Å². The van der Waals surface area contributed by atoms with Crippen molar-refractivity contribution in [2.24, 2.45) is 0 Å². The van der Waals surface area contributed by atoms with Crippen molar-refractivity contribution >= 4 is 50.0 Å². The number of ether oxygens (including phenoxy) is 1. The predicted octanol–water partition coefficient (Wildman–Crippen LogP) is 2.42. The van der Waals surface area contributed by atoms with E-state index in [1.54, 1.807) is 13.1 Å². The van der Waals surface area contributed by atoms with E-state index in [1.165, 1.54) is 13.2 Å². The van der Waals surface area contributed by atoms with E-state index in [2.05, 4.69) is 26.0 Å². The topological polar surface area (TPSA) is 67.4 Å². The molecule has 0 amide bonds. The summed E-state index contributed by atoms with van der Waals surface area (Å²) in [6, 6.07) is 2.95. The summed E-state index contributed by atoms with van der Waals surface area (Å²) >= 11 is 9.12. The molecule has 0 aliphatic heterocycles. The molecule has 1 aromatic carbocycles. The highest BCUT2D eigenvalue weighted by Gasteiger charge is 2.22. The lowest BCUT2D eigenvalue weighted by molar-refractivity contribution is 0.399. The molecule has 0 saturated heterocycles. The Bertz CT molecular complexity index is 555. The minimum atomic E-state index is -3.68. The van der Waals surface area contributed by atoms with Crippen LogP contribution in [0.4, 0.5) is 0 Å². The van der Waals surface area contributed by atoms with E-state index in [9.17, 15) is 8.42 Å². The van der Waals surface area contributed by atoms with Crippen molar-refractivity contribution in [3.05, 3.63) is 21.6 Å². The third-order valence-corrected chi connectivity index (χ3v) is 4.78. The Labute approximate surface area is 139 Å². The number of nitrogens with one attached hydrogen (secondary N) is 2. The van der Waals surface area contributed by atoms with Gasteiger partial charge in [0.25, 0.3) is 0 Å². The van der Waals surface area contributed by atoms with Crippen LogP contribution < -0.4 is 14.8 Å². The molecule has 2 N–H and O–H groups in total. The average molecular weight is 408 g/mol. The third kappa shape index (κ3) is 5.05. The van der Waals surface area contributed by atoms with Gasteiger partial charge in [0.15, 0.2) is 5.75 Å². The minimum absolute atomic E-state index is 0. The second-order valence-electron chi connectivity index (χ2n) is 3.96. The van der Waals surface area contributed by atoms with Gasteiger partial charge in [-0.25, -0.2) is 13.1 Å². The molecule has 20 heavy (non-hydrogen) atoms. The minimum Gasteiger partial charge on any atom is -0.494 e. The number of halogens is 3. The van der Waals surface area contributed by atoms with Crippen LogP contribution in [0, 0.1) is 0 Å². The maximum atomic E-state index is 12.2. The van der Waals surface area contributed by atoms with Gasteiger partial charge in [-0.2, -0.15) is 0 Å². The molecule has 0 saturated carbocycles. The Balaban J connectivity index is 0.00000361. The molecule has 1 atom stereocenters. The van der Waals surface area contributed by atoms with Crippen LogP contribution in [0.2, 0.25) is 5.02 Å². The number of methoxy groups -OCH3 is 1. The van der Waals surface area contributed by atoms with Gasteiger partial charge >= 0.3 is 0 Å². The van der Waals surface area contributed by atoms with Gasteiger partial charge in [0.1, 0.15) is 4.90 Å². The first-order chi connectivity index (χ1) is 8.81. The lowest BCUT2D eigenvalue weighted by atomic mass is 10.3. The zero-order chi connectivity index (χ0) is 14.6. The maximum absolute atomic E-state index is 12.2. The van der Waals surface area contributed by atoms with Crippen LogP contribution in [0.15, 0.2) is 21.5 Å². The van der Waals surface area contributed by atoms with E-state index in [0.717, 1.165) is 0 Å². The summed E-state index contributed by atoms with van der Waals surface area (Å²) in [5.41, 5.74) is 0. The molecule has 0 radical (unpaired) electrons. The second kappa shape index (κ2) is 8.41. The number of benzene rings is 1. The van der Waals surface area contributed by atoms with Crippen LogP contribution in [-0.2, 0) is 10.0 Å². The summed E-state index contributed by atoms with van der Waals surface area (Å²) in [6.07, 6.45) is 0. The lowest BCUT2D eigenvalue weighted by Crippen LogP contribution is -2.37. The third-order valence-electron chi connectivity index (χ3n) is 2.54. The fraction of sp³-hybridized carbons (Fsp3) is 0.455. The molecule has 1 unspecified atom stereocenters. The molecule has 5 nitrogen and oxygen atoms in total. The highest BCUT2D eigenvalue weighted by molar-refractivity contribution is 9.10. The number of hydrogen-bond donors (Lipinski definition) is 2. The second-order valence-corrected chi connectivity index (χ2v) is 6.99. The van der Waals surface area contributed by atoms with Gasteiger partial charge in [0, 0.05) is 17.6 Å². The van der Waals surface area contributed by atoms with Gasteiger partial charge in [-0.15, -0.1) is 12.4 Å². The van der Waals surface area contributed by atoms with Gasteiger partial charge < -0.3 is 10.1 Å². The molecule has 116 valence electrons. The van der Waals surface area contributed by atoms with Gasteiger partial charge in [-0.3, -0.25) is 0 Å². The monoisotopic (exact) mass is 406 g/mol. The van der Waals surface area contributed by atoms with Crippen molar-refractivity contribution < 1.29 is 13.2 Å². The molecule has 0 aromatic heterocycles. The van der Waals surface area contributed by atoms with Gasteiger partial charge in [0.2, 0.25) is 10.0 Å². The Morgan fingerprint density at radius 2 is 2.05 bits per heavy atom. The molecule has 0 bridgehead atoms. The quantitative estimate of drug-likeness (QED) is 0.759. The molecular weight excluding hydrogens is 391 g/mol. The van der Waals surface area contributed by atoms with E-state index in [-0.39, 0.29) is 35.6 Å². The summed E-state index contributed by atoms with van der Waals surface area (Å²) < 4.78 is 32.6. The molecule has 0 spiro atoms. The summed E-state index contributed by atoms with van der Waals surface area (Å²) in [7, 11) is -0.517. The fourth-order valence-corrected chi connectivity index (χ4v) is 3.86. The molecule has 1 rings (SSSR count). The van der Waals surface area contributed by atoms with Gasteiger partial charge in [0.05, 0.1) is 11.6 Å². The molecule has 0 heterocycles. The van der Waals surface area contributed by atoms with Crippen molar-refractivity contribution in [2.75, 3.05) is 20.7 Å². The molecule has 9 heteroatoms. The lowest BCUT2D eigenvalue weighted by Gasteiger charge is -2.15.